The molecule has 0 bridgehead atoms. The first kappa shape index (κ1) is 23.7. The molecule has 0 aromatic heterocycles. The maximum atomic E-state index is 13.2. The molecule has 0 amide bonds. The molecule has 2 aliphatic rings. The zero-order valence-electron chi connectivity index (χ0n) is 19.0. The Balaban J connectivity index is 1.98. The Morgan fingerprint density at radius 2 is 1.88 bits per heavy atom. The van der Waals surface area contributed by atoms with Crippen molar-refractivity contribution in [2.75, 3.05) is 19.8 Å². The first-order valence-electron chi connectivity index (χ1n) is 10.9. The van der Waals surface area contributed by atoms with Crippen LogP contribution in [0.2, 0.25) is 0 Å². The average molecular weight is 443 g/mol. The van der Waals surface area contributed by atoms with E-state index >= 15 is 0 Å². The van der Waals surface area contributed by atoms with E-state index in [-0.39, 0.29) is 23.5 Å². The standard InChI is InChI=1S/C24H30N2O6/c1-5-10-31-11-12-32-23(28)20-15(2)25-18-13-24(3,4)14-19(27)22(18)21(20)16-6-8-17(9-7-16)26(29)30/h6-9,21,25H,5,10-14H2,1-4H3. The predicted molar refractivity (Wildman–Crippen MR) is 119 cm³/mol. The molecule has 3 rings (SSSR count). The first-order valence-corrected chi connectivity index (χ1v) is 10.9. The van der Waals surface area contributed by atoms with Gasteiger partial charge in [-0.25, -0.2) is 4.79 Å². The van der Waals surface area contributed by atoms with Gasteiger partial charge in [0, 0.05) is 48.0 Å². The van der Waals surface area contributed by atoms with Gasteiger partial charge < -0.3 is 14.8 Å². The molecule has 32 heavy (non-hydrogen) atoms. The molecule has 1 N–H and O–H groups in total. The number of nitro benzene ring substituents is 1. The Morgan fingerprint density at radius 3 is 2.50 bits per heavy atom. The van der Waals surface area contributed by atoms with Gasteiger partial charge in [-0.05, 0) is 30.7 Å². The van der Waals surface area contributed by atoms with E-state index in [0.29, 0.717) is 48.5 Å². The minimum Gasteiger partial charge on any atom is -0.460 e. The lowest BCUT2D eigenvalue weighted by Crippen LogP contribution is -2.38. The van der Waals surface area contributed by atoms with Gasteiger partial charge in [0.25, 0.3) is 5.69 Å². The van der Waals surface area contributed by atoms with Crippen LogP contribution in [0.5, 0.6) is 0 Å². The summed E-state index contributed by atoms with van der Waals surface area (Å²) >= 11 is 0. The molecule has 8 heteroatoms. The van der Waals surface area contributed by atoms with Gasteiger partial charge in [-0.3, -0.25) is 14.9 Å². The van der Waals surface area contributed by atoms with Crippen molar-refractivity contribution in [3.05, 3.63) is 62.5 Å². The van der Waals surface area contributed by atoms with Gasteiger partial charge in [-0.15, -0.1) is 0 Å². The van der Waals surface area contributed by atoms with Gasteiger partial charge >= 0.3 is 5.97 Å². The zero-order valence-corrected chi connectivity index (χ0v) is 19.0. The molecular formula is C24H30N2O6. The smallest absolute Gasteiger partial charge is 0.336 e. The van der Waals surface area contributed by atoms with Crippen LogP contribution in [0, 0.1) is 15.5 Å². The van der Waals surface area contributed by atoms with E-state index in [0.717, 1.165) is 12.1 Å². The Morgan fingerprint density at radius 1 is 1.19 bits per heavy atom. The third-order valence-electron chi connectivity index (χ3n) is 5.71. The van der Waals surface area contributed by atoms with E-state index in [1.165, 1.54) is 12.1 Å². The van der Waals surface area contributed by atoms with Crippen molar-refractivity contribution < 1.29 is 24.0 Å². The fourth-order valence-corrected chi connectivity index (χ4v) is 4.35. The molecule has 1 aliphatic carbocycles. The molecule has 1 aromatic rings. The largest absolute Gasteiger partial charge is 0.460 e. The number of hydrogen-bond acceptors (Lipinski definition) is 7. The third-order valence-corrected chi connectivity index (χ3v) is 5.71. The molecule has 0 saturated carbocycles. The van der Waals surface area contributed by atoms with Crippen molar-refractivity contribution in [3.63, 3.8) is 0 Å². The number of hydrogen-bond donors (Lipinski definition) is 1. The van der Waals surface area contributed by atoms with Gasteiger partial charge in [0.2, 0.25) is 0 Å². The molecule has 1 aromatic carbocycles. The number of nitrogens with zero attached hydrogens (tertiary/aromatic N) is 1. The normalized spacial score (nSPS) is 20.0. The summed E-state index contributed by atoms with van der Waals surface area (Å²) in [6.45, 7) is 8.85. The van der Waals surface area contributed by atoms with E-state index in [9.17, 15) is 19.7 Å². The highest BCUT2D eigenvalue weighted by Gasteiger charge is 2.43. The van der Waals surface area contributed by atoms with Crippen LogP contribution >= 0.6 is 0 Å². The summed E-state index contributed by atoms with van der Waals surface area (Å²) in [4.78, 5) is 36.9. The van der Waals surface area contributed by atoms with Crippen LogP contribution in [0.25, 0.3) is 0 Å². The summed E-state index contributed by atoms with van der Waals surface area (Å²) in [7, 11) is 0. The summed E-state index contributed by atoms with van der Waals surface area (Å²) in [6.07, 6.45) is 1.91. The summed E-state index contributed by atoms with van der Waals surface area (Å²) in [6, 6.07) is 6.00. The van der Waals surface area contributed by atoms with Crippen LogP contribution in [-0.4, -0.2) is 36.5 Å². The van der Waals surface area contributed by atoms with Gasteiger partial charge in [-0.1, -0.05) is 32.9 Å². The van der Waals surface area contributed by atoms with Crippen molar-refractivity contribution >= 4 is 17.4 Å². The Bertz CT molecular complexity index is 975. The molecule has 1 atom stereocenters. The molecular weight excluding hydrogens is 412 g/mol. The number of esters is 1. The van der Waals surface area contributed by atoms with Gasteiger partial charge in [0.1, 0.15) is 6.61 Å². The quantitative estimate of drug-likeness (QED) is 0.279. The van der Waals surface area contributed by atoms with Crippen molar-refractivity contribution in [2.24, 2.45) is 5.41 Å². The van der Waals surface area contributed by atoms with E-state index < -0.39 is 16.8 Å². The topological polar surface area (TPSA) is 108 Å². The number of nitrogens with one attached hydrogen (secondary N) is 1. The number of ether oxygens (including phenoxy) is 2. The maximum Gasteiger partial charge on any atom is 0.336 e. The number of non-ortho nitro benzene ring substituents is 1. The molecule has 1 unspecified atom stereocenters. The fourth-order valence-electron chi connectivity index (χ4n) is 4.35. The minimum absolute atomic E-state index is 0.0313. The lowest BCUT2D eigenvalue weighted by atomic mass is 9.68. The fraction of sp³-hybridized carbons (Fsp3) is 0.500. The average Bonchev–Trinajstić information content (AvgIpc) is 2.71. The summed E-state index contributed by atoms with van der Waals surface area (Å²) in [5.41, 5.74) is 2.71. The number of allylic oxidation sites excluding steroid dienone is 3. The monoisotopic (exact) mass is 442 g/mol. The summed E-state index contributed by atoms with van der Waals surface area (Å²) < 4.78 is 10.8. The van der Waals surface area contributed by atoms with Crippen molar-refractivity contribution in [3.8, 4) is 0 Å². The minimum atomic E-state index is -0.639. The van der Waals surface area contributed by atoms with Gasteiger partial charge in [-0.2, -0.15) is 0 Å². The van der Waals surface area contributed by atoms with Gasteiger partial charge in [0.05, 0.1) is 17.1 Å². The number of benzene rings is 1. The second-order valence-electron chi connectivity index (χ2n) is 9.03. The molecule has 0 spiro atoms. The Hall–Kier alpha value is -3.00. The zero-order chi connectivity index (χ0) is 23.5. The van der Waals surface area contributed by atoms with Crippen LogP contribution in [0.4, 0.5) is 5.69 Å². The summed E-state index contributed by atoms with van der Waals surface area (Å²) in [5.74, 6) is -1.20. The highest BCUT2D eigenvalue weighted by atomic mass is 16.6. The number of carbonyl (C=O) groups excluding carboxylic acids is 2. The number of carbonyl (C=O) groups is 2. The lowest BCUT2D eigenvalue weighted by molar-refractivity contribution is -0.384. The SMILES string of the molecule is CCCOCCOC(=O)C1=C(C)NC2=C(C(=O)CC(C)(C)C2)C1c1ccc([N+](=O)[O-])cc1. The third kappa shape index (κ3) is 5.07. The second kappa shape index (κ2) is 9.65. The highest BCUT2D eigenvalue weighted by molar-refractivity contribution is 6.04. The molecule has 0 saturated heterocycles. The Kier molecular flexibility index (Phi) is 7.13. The van der Waals surface area contributed by atoms with E-state index in [1.807, 2.05) is 20.8 Å². The maximum absolute atomic E-state index is 13.2. The van der Waals surface area contributed by atoms with Crippen LogP contribution in [0.3, 0.4) is 0 Å². The number of Topliss-reactive ketones (excluding diaryl/α,β-unsaturated/α-hetero) is 1. The second-order valence-corrected chi connectivity index (χ2v) is 9.03. The van der Waals surface area contributed by atoms with E-state index in [4.69, 9.17) is 9.47 Å². The number of ketones is 1. The Labute approximate surface area is 187 Å². The van der Waals surface area contributed by atoms with Crippen LogP contribution in [0.1, 0.15) is 58.4 Å². The van der Waals surface area contributed by atoms with Crippen molar-refractivity contribution in [2.45, 2.75) is 52.9 Å². The predicted octanol–water partition coefficient (Wildman–Crippen LogP) is 4.17. The van der Waals surface area contributed by atoms with Crippen LogP contribution in [-0.2, 0) is 19.1 Å². The molecule has 172 valence electrons. The molecule has 1 heterocycles. The van der Waals surface area contributed by atoms with E-state index in [1.54, 1.807) is 19.1 Å². The summed E-state index contributed by atoms with van der Waals surface area (Å²) in [5, 5.41) is 14.4. The number of rotatable bonds is 8. The van der Waals surface area contributed by atoms with Crippen LogP contribution < -0.4 is 5.32 Å². The number of nitro groups is 1. The molecule has 1 aliphatic heterocycles. The molecule has 0 fully saturated rings. The molecule has 0 radical (unpaired) electrons. The van der Waals surface area contributed by atoms with Gasteiger partial charge in [0.15, 0.2) is 5.78 Å². The van der Waals surface area contributed by atoms with Crippen molar-refractivity contribution in [1.29, 1.82) is 0 Å². The van der Waals surface area contributed by atoms with E-state index in [2.05, 4.69) is 5.32 Å². The highest BCUT2D eigenvalue weighted by Crippen LogP contribution is 2.46. The first-order chi connectivity index (χ1) is 15.1. The number of dihydropyridines is 1. The lowest BCUT2D eigenvalue weighted by Gasteiger charge is -2.39. The molecule has 8 nitrogen and oxygen atoms in total. The van der Waals surface area contributed by atoms with Crippen LogP contribution in [0.15, 0.2) is 46.8 Å². The van der Waals surface area contributed by atoms with Crippen molar-refractivity contribution in [1.82, 2.24) is 5.32 Å².